The highest BCUT2D eigenvalue weighted by atomic mass is 19.1. The van der Waals surface area contributed by atoms with Gasteiger partial charge in [-0.25, -0.2) is 18.0 Å². The van der Waals surface area contributed by atoms with E-state index in [9.17, 15) is 23.1 Å². The minimum absolute atomic E-state index is 0.0185. The van der Waals surface area contributed by atoms with Crippen LogP contribution < -0.4 is 10.6 Å². The fraction of sp³-hybridized carbons (Fsp3) is 0.318. The van der Waals surface area contributed by atoms with Crippen molar-refractivity contribution in [1.29, 1.82) is 0 Å². The second kappa shape index (κ2) is 8.12. The number of benzene rings is 2. The summed E-state index contributed by atoms with van der Waals surface area (Å²) < 4.78 is 42.2. The minimum atomic E-state index is -1.29. The lowest BCUT2D eigenvalue weighted by atomic mass is 9.89. The standard InChI is InChI=1S/C22H22F3N3O2/c23-16-6-7-18(24)17(8-16)14-9-22(13-29,15-4-2-1-3-5-15)28(12-14)21(30)27-20-11-26-10-19(20)25/h1-9,19-20,26,29H,10-13H2,(H,27,30). The number of aliphatic hydroxyl groups is 1. The fourth-order valence-electron chi connectivity index (χ4n) is 4.10. The number of hydrogen-bond acceptors (Lipinski definition) is 3. The zero-order valence-corrected chi connectivity index (χ0v) is 16.1. The van der Waals surface area contributed by atoms with Gasteiger partial charge in [0, 0.05) is 25.2 Å². The van der Waals surface area contributed by atoms with Gasteiger partial charge in [0.1, 0.15) is 23.3 Å². The lowest BCUT2D eigenvalue weighted by molar-refractivity contribution is 0.101. The van der Waals surface area contributed by atoms with Crippen molar-refractivity contribution < 1.29 is 23.1 Å². The lowest BCUT2D eigenvalue weighted by Gasteiger charge is -2.37. The van der Waals surface area contributed by atoms with Crippen molar-refractivity contribution in [2.24, 2.45) is 0 Å². The first-order valence-corrected chi connectivity index (χ1v) is 9.71. The zero-order chi connectivity index (χ0) is 21.3. The Morgan fingerprint density at radius 1 is 1.20 bits per heavy atom. The topological polar surface area (TPSA) is 64.6 Å². The van der Waals surface area contributed by atoms with Crippen LogP contribution in [0.5, 0.6) is 0 Å². The lowest BCUT2D eigenvalue weighted by Crippen LogP contribution is -2.55. The minimum Gasteiger partial charge on any atom is -0.393 e. The van der Waals surface area contributed by atoms with Crippen molar-refractivity contribution in [1.82, 2.24) is 15.5 Å². The van der Waals surface area contributed by atoms with Gasteiger partial charge >= 0.3 is 6.03 Å². The molecular weight excluding hydrogens is 395 g/mol. The van der Waals surface area contributed by atoms with E-state index < -0.39 is 42.0 Å². The number of rotatable bonds is 4. The molecular formula is C22H22F3N3O2. The van der Waals surface area contributed by atoms with Crippen LogP contribution in [-0.4, -0.2) is 54.5 Å². The molecule has 0 aliphatic carbocycles. The maximum Gasteiger partial charge on any atom is 0.319 e. The van der Waals surface area contributed by atoms with E-state index in [0.29, 0.717) is 11.1 Å². The Labute approximate surface area is 172 Å². The average molecular weight is 417 g/mol. The first kappa shape index (κ1) is 20.4. The number of hydrogen-bond donors (Lipinski definition) is 3. The van der Waals surface area contributed by atoms with Crippen molar-refractivity contribution in [3.05, 3.63) is 77.4 Å². The molecule has 2 amide bonds. The molecule has 0 radical (unpaired) electrons. The Balaban J connectivity index is 1.75. The number of carbonyl (C=O) groups excluding carboxylic acids is 1. The molecule has 2 aromatic carbocycles. The fourth-order valence-corrected chi connectivity index (χ4v) is 4.10. The van der Waals surface area contributed by atoms with E-state index in [1.54, 1.807) is 36.4 Å². The molecule has 0 bridgehead atoms. The smallest absolute Gasteiger partial charge is 0.319 e. The molecule has 2 heterocycles. The van der Waals surface area contributed by atoms with Gasteiger partial charge in [-0.05, 0) is 35.4 Å². The summed E-state index contributed by atoms with van der Waals surface area (Å²) in [5.74, 6) is -1.24. The van der Waals surface area contributed by atoms with Crippen molar-refractivity contribution in [2.45, 2.75) is 17.8 Å². The molecule has 2 aliphatic heterocycles. The Hall–Kier alpha value is -2.84. The van der Waals surface area contributed by atoms with Crippen molar-refractivity contribution in [2.75, 3.05) is 26.2 Å². The number of nitrogens with zero attached hydrogens (tertiary/aromatic N) is 1. The maximum absolute atomic E-state index is 14.4. The largest absolute Gasteiger partial charge is 0.393 e. The monoisotopic (exact) mass is 417 g/mol. The van der Waals surface area contributed by atoms with Crippen molar-refractivity contribution in [3.63, 3.8) is 0 Å². The predicted octanol–water partition coefficient (Wildman–Crippen LogP) is 2.57. The van der Waals surface area contributed by atoms with Gasteiger partial charge in [0.2, 0.25) is 0 Å². The number of carbonyl (C=O) groups is 1. The summed E-state index contributed by atoms with van der Waals surface area (Å²) in [5.41, 5.74) is -0.306. The van der Waals surface area contributed by atoms with Crippen molar-refractivity contribution >= 4 is 11.6 Å². The number of nitrogens with one attached hydrogen (secondary N) is 2. The van der Waals surface area contributed by atoms with Crippen LogP contribution in [0.2, 0.25) is 0 Å². The molecule has 3 unspecified atom stereocenters. The summed E-state index contributed by atoms with van der Waals surface area (Å²) in [6.45, 7) is -0.116. The first-order valence-electron chi connectivity index (χ1n) is 9.71. The van der Waals surface area contributed by atoms with Crippen LogP contribution in [0.4, 0.5) is 18.0 Å². The summed E-state index contributed by atoms with van der Waals surface area (Å²) in [6.07, 6.45) is 0.351. The number of urea groups is 1. The van der Waals surface area contributed by atoms with Gasteiger partial charge in [0.05, 0.1) is 12.6 Å². The highest BCUT2D eigenvalue weighted by Gasteiger charge is 2.45. The van der Waals surface area contributed by atoms with Gasteiger partial charge in [-0.3, -0.25) is 0 Å². The molecule has 0 spiro atoms. The highest BCUT2D eigenvalue weighted by Crippen LogP contribution is 2.40. The van der Waals surface area contributed by atoms with Gasteiger partial charge in [0.15, 0.2) is 0 Å². The number of halogens is 3. The van der Waals surface area contributed by atoms with E-state index in [1.807, 2.05) is 0 Å². The van der Waals surface area contributed by atoms with Crippen LogP contribution in [0, 0.1) is 11.6 Å². The zero-order valence-electron chi connectivity index (χ0n) is 16.1. The molecule has 5 nitrogen and oxygen atoms in total. The van der Waals surface area contributed by atoms with Crippen molar-refractivity contribution in [3.8, 4) is 0 Å². The van der Waals surface area contributed by atoms with E-state index in [2.05, 4.69) is 10.6 Å². The third-order valence-electron chi connectivity index (χ3n) is 5.71. The third kappa shape index (κ3) is 3.57. The highest BCUT2D eigenvalue weighted by molar-refractivity contribution is 5.83. The molecule has 1 saturated heterocycles. The number of alkyl halides is 1. The van der Waals surface area contributed by atoms with Gasteiger partial charge in [-0.2, -0.15) is 0 Å². The van der Waals surface area contributed by atoms with Crippen LogP contribution >= 0.6 is 0 Å². The van der Waals surface area contributed by atoms with E-state index in [0.717, 1.165) is 18.2 Å². The number of aliphatic hydroxyl groups excluding tert-OH is 1. The van der Waals surface area contributed by atoms with Crippen LogP contribution in [0.1, 0.15) is 11.1 Å². The third-order valence-corrected chi connectivity index (χ3v) is 5.71. The summed E-state index contributed by atoms with van der Waals surface area (Å²) >= 11 is 0. The molecule has 0 saturated carbocycles. The average Bonchev–Trinajstić information content (AvgIpc) is 3.35. The molecule has 3 N–H and O–H groups in total. The van der Waals surface area contributed by atoms with Crippen LogP contribution in [0.15, 0.2) is 54.6 Å². The molecule has 2 aromatic rings. The van der Waals surface area contributed by atoms with E-state index in [1.165, 1.54) is 4.90 Å². The predicted molar refractivity (Wildman–Crippen MR) is 106 cm³/mol. The Morgan fingerprint density at radius 2 is 1.97 bits per heavy atom. The second-order valence-corrected chi connectivity index (χ2v) is 7.56. The van der Waals surface area contributed by atoms with Gasteiger partial charge in [0.25, 0.3) is 0 Å². The second-order valence-electron chi connectivity index (χ2n) is 7.56. The summed E-state index contributed by atoms with van der Waals surface area (Å²) in [7, 11) is 0. The molecule has 3 atom stereocenters. The first-order chi connectivity index (χ1) is 14.4. The van der Waals surface area contributed by atoms with E-state index in [-0.39, 0.29) is 25.2 Å². The van der Waals surface area contributed by atoms with E-state index in [4.69, 9.17) is 0 Å². The maximum atomic E-state index is 14.4. The van der Waals surface area contributed by atoms with Crippen LogP contribution in [0.25, 0.3) is 5.57 Å². The number of amides is 2. The van der Waals surface area contributed by atoms with E-state index >= 15 is 0 Å². The molecule has 30 heavy (non-hydrogen) atoms. The molecule has 158 valence electrons. The van der Waals surface area contributed by atoms with Crippen LogP contribution in [0.3, 0.4) is 0 Å². The van der Waals surface area contributed by atoms with Gasteiger partial charge in [-0.15, -0.1) is 0 Å². The molecule has 8 heteroatoms. The molecule has 4 rings (SSSR count). The SMILES string of the molecule is O=C(NC1CNCC1F)N1CC(c2cc(F)ccc2F)=CC1(CO)c1ccccc1. The Kier molecular flexibility index (Phi) is 5.53. The molecule has 0 aromatic heterocycles. The normalized spacial score (nSPS) is 26.0. The molecule has 1 fully saturated rings. The summed E-state index contributed by atoms with van der Waals surface area (Å²) in [6, 6.07) is 10.6. The van der Waals surface area contributed by atoms with Crippen LogP contribution in [-0.2, 0) is 5.54 Å². The molecule has 2 aliphatic rings. The van der Waals surface area contributed by atoms with Gasteiger partial charge in [-0.1, -0.05) is 30.3 Å². The quantitative estimate of drug-likeness (QED) is 0.717. The summed E-state index contributed by atoms with van der Waals surface area (Å²) in [4.78, 5) is 14.5. The Bertz CT molecular complexity index is 969. The summed E-state index contributed by atoms with van der Waals surface area (Å²) in [5, 5.41) is 15.9. The van der Waals surface area contributed by atoms with Gasteiger partial charge < -0.3 is 20.6 Å². The Morgan fingerprint density at radius 3 is 2.63 bits per heavy atom.